The van der Waals surface area contributed by atoms with Crippen LogP contribution < -0.4 is 5.32 Å². The summed E-state index contributed by atoms with van der Waals surface area (Å²) < 4.78 is 0. The first kappa shape index (κ1) is 17.2. The number of carbonyl (C=O) groups excluding carboxylic acids is 1. The molecule has 0 atom stereocenters. The zero-order chi connectivity index (χ0) is 18.6. The highest BCUT2D eigenvalue weighted by molar-refractivity contribution is 5.94. The SMILES string of the molecule is Cc1cccc(-c2nccc(Nc3ccc(C(=O)N4CCCC4)cc3)n2)c1. The Bertz CT molecular complexity index is 947. The minimum absolute atomic E-state index is 0.114. The Hall–Kier alpha value is -3.21. The molecule has 4 rings (SSSR count). The highest BCUT2D eigenvalue weighted by Gasteiger charge is 2.19. The molecule has 1 aromatic heterocycles. The fourth-order valence-electron chi connectivity index (χ4n) is 3.30. The molecule has 1 aliphatic heterocycles. The van der Waals surface area contributed by atoms with Gasteiger partial charge in [0.2, 0.25) is 0 Å². The minimum atomic E-state index is 0.114. The summed E-state index contributed by atoms with van der Waals surface area (Å²) in [5, 5.41) is 3.29. The maximum absolute atomic E-state index is 12.4. The van der Waals surface area contributed by atoms with Gasteiger partial charge in [-0.1, -0.05) is 23.8 Å². The van der Waals surface area contributed by atoms with Gasteiger partial charge in [-0.05, 0) is 56.2 Å². The third-order valence-electron chi connectivity index (χ3n) is 4.73. The molecule has 1 aliphatic rings. The monoisotopic (exact) mass is 358 g/mol. The van der Waals surface area contributed by atoms with E-state index >= 15 is 0 Å². The van der Waals surface area contributed by atoms with E-state index in [9.17, 15) is 4.79 Å². The molecule has 1 N–H and O–H groups in total. The van der Waals surface area contributed by atoms with Crippen molar-refractivity contribution in [1.29, 1.82) is 0 Å². The van der Waals surface area contributed by atoms with Crippen LogP contribution in [0.4, 0.5) is 11.5 Å². The smallest absolute Gasteiger partial charge is 0.253 e. The zero-order valence-electron chi connectivity index (χ0n) is 15.4. The molecule has 0 unspecified atom stereocenters. The van der Waals surface area contributed by atoms with Gasteiger partial charge in [-0.15, -0.1) is 0 Å². The van der Waals surface area contributed by atoms with Crippen LogP contribution in [-0.4, -0.2) is 33.9 Å². The molecule has 5 heteroatoms. The zero-order valence-corrected chi connectivity index (χ0v) is 15.4. The summed E-state index contributed by atoms with van der Waals surface area (Å²) in [6.45, 7) is 3.78. The summed E-state index contributed by atoms with van der Waals surface area (Å²) in [6.07, 6.45) is 3.95. The number of nitrogens with one attached hydrogen (secondary N) is 1. The van der Waals surface area contributed by atoms with Crippen molar-refractivity contribution in [3.8, 4) is 11.4 Å². The van der Waals surface area contributed by atoms with Crippen LogP contribution in [0.5, 0.6) is 0 Å². The normalized spacial score (nSPS) is 13.6. The molecule has 136 valence electrons. The van der Waals surface area contributed by atoms with Crippen LogP contribution in [0.3, 0.4) is 0 Å². The third kappa shape index (κ3) is 3.97. The van der Waals surface area contributed by atoms with E-state index in [1.165, 1.54) is 5.56 Å². The van der Waals surface area contributed by atoms with Crippen molar-refractivity contribution < 1.29 is 4.79 Å². The number of benzene rings is 2. The van der Waals surface area contributed by atoms with Crippen LogP contribution >= 0.6 is 0 Å². The fourth-order valence-corrected chi connectivity index (χ4v) is 3.30. The standard InChI is InChI=1S/C22H22N4O/c1-16-5-4-6-18(15-16)21-23-12-11-20(25-21)24-19-9-7-17(8-10-19)22(27)26-13-2-3-14-26/h4-12,15H,2-3,13-14H2,1H3,(H,23,24,25). The highest BCUT2D eigenvalue weighted by atomic mass is 16.2. The molecular formula is C22H22N4O. The Labute approximate surface area is 159 Å². The van der Waals surface area contributed by atoms with Crippen LogP contribution in [0.1, 0.15) is 28.8 Å². The second-order valence-electron chi connectivity index (χ2n) is 6.84. The van der Waals surface area contributed by atoms with Gasteiger partial charge in [0.25, 0.3) is 5.91 Å². The summed E-state index contributed by atoms with van der Waals surface area (Å²) in [5.74, 6) is 1.52. The minimum Gasteiger partial charge on any atom is -0.340 e. The van der Waals surface area contributed by atoms with Gasteiger partial charge in [0, 0.05) is 36.1 Å². The summed E-state index contributed by atoms with van der Waals surface area (Å²) >= 11 is 0. The Morgan fingerprint density at radius 2 is 1.81 bits per heavy atom. The molecule has 3 aromatic rings. The summed E-state index contributed by atoms with van der Waals surface area (Å²) in [4.78, 5) is 23.3. The predicted molar refractivity (Wildman–Crippen MR) is 107 cm³/mol. The molecule has 0 saturated carbocycles. The second kappa shape index (κ2) is 7.58. The maximum Gasteiger partial charge on any atom is 0.253 e. The molecule has 2 heterocycles. The van der Waals surface area contributed by atoms with Crippen LogP contribution in [0.2, 0.25) is 0 Å². The average Bonchev–Trinajstić information content (AvgIpc) is 3.23. The van der Waals surface area contributed by atoms with E-state index in [2.05, 4.69) is 34.3 Å². The van der Waals surface area contributed by atoms with E-state index in [-0.39, 0.29) is 5.91 Å². The van der Waals surface area contributed by atoms with Gasteiger partial charge in [0.05, 0.1) is 0 Å². The maximum atomic E-state index is 12.4. The summed E-state index contributed by atoms with van der Waals surface area (Å²) in [7, 11) is 0. The summed E-state index contributed by atoms with van der Waals surface area (Å²) in [5.41, 5.74) is 3.78. The number of nitrogens with zero attached hydrogens (tertiary/aromatic N) is 3. The van der Waals surface area contributed by atoms with Gasteiger partial charge in [0.1, 0.15) is 5.82 Å². The van der Waals surface area contributed by atoms with Gasteiger partial charge in [-0.25, -0.2) is 9.97 Å². The molecule has 5 nitrogen and oxygen atoms in total. The molecule has 0 spiro atoms. The lowest BCUT2D eigenvalue weighted by atomic mass is 10.1. The average molecular weight is 358 g/mol. The van der Waals surface area contributed by atoms with Crippen LogP contribution in [0, 0.1) is 6.92 Å². The van der Waals surface area contributed by atoms with Crippen molar-refractivity contribution in [2.24, 2.45) is 0 Å². The first-order valence-corrected chi connectivity index (χ1v) is 9.25. The molecule has 0 radical (unpaired) electrons. The van der Waals surface area contributed by atoms with Gasteiger partial charge in [0.15, 0.2) is 5.82 Å². The first-order valence-electron chi connectivity index (χ1n) is 9.25. The Morgan fingerprint density at radius 3 is 2.56 bits per heavy atom. The molecule has 1 fully saturated rings. The molecular weight excluding hydrogens is 336 g/mol. The Kier molecular flexibility index (Phi) is 4.83. The number of hydrogen-bond donors (Lipinski definition) is 1. The van der Waals surface area contributed by atoms with Gasteiger partial charge in [-0.3, -0.25) is 4.79 Å². The van der Waals surface area contributed by atoms with Crippen LogP contribution in [0.15, 0.2) is 60.8 Å². The third-order valence-corrected chi connectivity index (χ3v) is 4.73. The number of carbonyl (C=O) groups is 1. The molecule has 1 amide bonds. The van der Waals surface area contributed by atoms with Crippen molar-refractivity contribution >= 4 is 17.4 Å². The highest BCUT2D eigenvalue weighted by Crippen LogP contribution is 2.21. The number of likely N-dealkylation sites (tertiary alicyclic amines) is 1. The van der Waals surface area contributed by atoms with E-state index in [0.717, 1.165) is 48.6 Å². The number of aryl methyl sites for hydroxylation is 1. The van der Waals surface area contributed by atoms with Crippen LogP contribution in [-0.2, 0) is 0 Å². The van der Waals surface area contributed by atoms with E-state index in [0.29, 0.717) is 5.82 Å². The van der Waals surface area contributed by atoms with E-state index in [1.807, 2.05) is 47.4 Å². The first-order chi connectivity index (χ1) is 13.2. The largest absolute Gasteiger partial charge is 0.340 e. The second-order valence-corrected chi connectivity index (χ2v) is 6.84. The number of hydrogen-bond acceptors (Lipinski definition) is 4. The van der Waals surface area contributed by atoms with E-state index in [4.69, 9.17) is 0 Å². The van der Waals surface area contributed by atoms with Crippen molar-refractivity contribution in [2.45, 2.75) is 19.8 Å². The van der Waals surface area contributed by atoms with Crippen LogP contribution in [0.25, 0.3) is 11.4 Å². The molecule has 1 saturated heterocycles. The van der Waals surface area contributed by atoms with Gasteiger partial charge >= 0.3 is 0 Å². The lowest BCUT2D eigenvalue weighted by molar-refractivity contribution is 0.0793. The predicted octanol–water partition coefficient (Wildman–Crippen LogP) is 4.43. The van der Waals surface area contributed by atoms with Crippen molar-refractivity contribution in [3.05, 3.63) is 71.9 Å². The van der Waals surface area contributed by atoms with Gasteiger partial charge in [-0.2, -0.15) is 0 Å². The van der Waals surface area contributed by atoms with E-state index < -0.39 is 0 Å². The quantitative estimate of drug-likeness (QED) is 0.749. The summed E-state index contributed by atoms with van der Waals surface area (Å²) in [6, 6.07) is 17.5. The van der Waals surface area contributed by atoms with Crippen molar-refractivity contribution in [1.82, 2.24) is 14.9 Å². The number of rotatable bonds is 4. The lowest BCUT2D eigenvalue weighted by Crippen LogP contribution is -2.27. The van der Waals surface area contributed by atoms with E-state index in [1.54, 1.807) is 6.20 Å². The lowest BCUT2D eigenvalue weighted by Gasteiger charge is -2.15. The fraction of sp³-hybridized carbons (Fsp3) is 0.227. The Morgan fingerprint density at radius 1 is 1.04 bits per heavy atom. The number of aromatic nitrogens is 2. The molecule has 2 aromatic carbocycles. The number of amides is 1. The van der Waals surface area contributed by atoms with Gasteiger partial charge < -0.3 is 10.2 Å². The Balaban J connectivity index is 1.49. The van der Waals surface area contributed by atoms with Crippen molar-refractivity contribution in [3.63, 3.8) is 0 Å². The topological polar surface area (TPSA) is 58.1 Å². The number of anilines is 2. The molecule has 27 heavy (non-hydrogen) atoms. The molecule has 0 bridgehead atoms. The molecule has 0 aliphatic carbocycles. The van der Waals surface area contributed by atoms with Crippen molar-refractivity contribution in [2.75, 3.05) is 18.4 Å².